The Morgan fingerprint density at radius 2 is 2.56 bits per heavy atom. The van der Waals surface area contributed by atoms with Gasteiger partial charge in [0, 0.05) is 6.07 Å². The topological polar surface area (TPSA) is 38.9 Å². The Balaban J connectivity index is 2.95. The Morgan fingerprint density at radius 3 is 3.44 bits per heavy atom. The van der Waals surface area contributed by atoms with Crippen LogP contribution in [0.5, 0.6) is 0 Å². The molecule has 0 unspecified atom stereocenters. The van der Waals surface area contributed by atoms with E-state index < -0.39 is 0 Å². The highest BCUT2D eigenvalue weighted by molar-refractivity contribution is 5.70. The summed E-state index contributed by atoms with van der Waals surface area (Å²) in [5, 5.41) is 8.14. The summed E-state index contributed by atoms with van der Waals surface area (Å²) in [6.45, 7) is 0. The van der Waals surface area contributed by atoms with Crippen molar-refractivity contribution in [2.24, 2.45) is 0 Å². The summed E-state index contributed by atoms with van der Waals surface area (Å²) >= 11 is 0. The van der Waals surface area contributed by atoms with Crippen molar-refractivity contribution in [3.05, 3.63) is 24.6 Å². The van der Waals surface area contributed by atoms with Crippen LogP contribution in [-0.2, 0) is 0 Å². The average molecular weight is 119 g/mol. The fourth-order valence-corrected chi connectivity index (χ4v) is 0.668. The monoisotopic (exact) mass is 119 g/mol. The van der Waals surface area contributed by atoms with Crippen molar-refractivity contribution < 1.29 is 4.42 Å². The Bertz CT molecular complexity index is 285. The number of fused-ring (bicyclic) bond motifs is 1. The van der Waals surface area contributed by atoms with Crippen LogP contribution in [0.1, 0.15) is 0 Å². The van der Waals surface area contributed by atoms with Crippen LogP contribution in [0.3, 0.4) is 0 Å². The molecule has 2 aromatic heterocycles. The Hall–Kier alpha value is -1.38. The lowest BCUT2D eigenvalue weighted by atomic mass is 10.4. The zero-order chi connectivity index (χ0) is 6.10. The molecule has 9 heavy (non-hydrogen) atoms. The van der Waals surface area contributed by atoms with Gasteiger partial charge in [-0.2, -0.15) is 5.10 Å². The minimum Gasteiger partial charge on any atom is -0.445 e. The van der Waals surface area contributed by atoms with E-state index in [4.69, 9.17) is 4.42 Å². The molecule has 0 spiro atoms. The molecule has 0 aromatic carbocycles. The summed E-state index contributed by atoms with van der Waals surface area (Å²) in [6, 6.07) is 4.66. The third-order valence-electron chi connectivity index (χ3n) is 1.07. The van der Waals surface area contributed by atoms with Gasteiger partial charge in [-0.25, -0.2) is 0 Å². The highest BCUT2D eigenvalue weighted by Crippen LogP contribution is 2.07. The van der Waals surface area contributed by atoms with Crippen LogP contribution in [0.15, 0.2) is 22.9 Å². The van der Waals surface area contributed by atoms with E-state index in [1.54, 1.807) is 12.3 Å². The molecule has 0 aliphatic heterocycles. The van der Waals surface area contributed by atoms with Crippen molar-refractivity contribution in [1.82, 2.24) is 10.2 Å². The zero-order valence-electron chi connectivity index (χ0n) is 4.53. The van der Waals surface area contributed by atoms with Gasteiger partial charge in [0.1, 0.15) is 0 Å². The first kappa shape index (κ1) is 4.49. The van der Waals surface area contributed by atoms with Crippen molar-refractivity contribution in [3.63, 3.8) is 0 Å². The maximum absolute atomic E-state index is 4.91. The second-order valence-electron chi connectivity index (χ2n) is 1.63. The zero-order valence-corrected chi connectivity index (χ0v) is 4.53. The lowest BCUT2D eigenvalue weighted by molar-refractivity contribution is 0.596. The lowest BCUT2D eigenvalue weighted by Gasteiger charge is -1.78. The van der Waals surface area contributed by atoms with Gasteiger partial charge in [-0.15, -0.1) is 5.10 Å². The fourth-order valence-electron chi connectivity index (χ4n) is 0.668. The molecule has 3 nitrogen and oxygen atoms in total. The van der Waals surface area contributed by atoms with Crippen LogP contribution >= 0.6 is 0 Å². The van der Waals surface area contributed by atoms with Crippen molar-refractivity contribution in [3.8, 4) is 0 Å². The second-order valence-corrected chi connectivity index (χ2v) is 1.63. The molecule has 0 bridgehead atoms. The molecule has 0 amide bonds. The summed E-state index contributed by atoms with van der Waals surface area (Å²) in [6.07, 6.45) is 3.08. The third kappa shape index (κ3) is 0.579. The van der Waals surface area contributed by atoms with Gasteiger partial charge in [0.2, 0.25) is 5.71 Å². The maximum atomic E-state index is 4.91. The van der Waals surface area contributed by atoms with Crippen LogP contribution in [0.2, 0.25) is 0 Å². The highest BCUT2D eigenvalue weighted by atomic mass is 16.3. The van der Waals surface area contributed by atoms with Crippen molar-refractivity contribution >= 4 is 11.1 Å². The van der Waals surface area contributed by atoms with Gasteiger partial charge >= 0.3 is 0 Å². The standard InChI is InChI=1S/C6H3N2O/c1-3-7-8-6-5(1)2-4-9-6/h2-4H. The van der Waals surface area contributed by atoms with Crippen LogP contribution in [0.25, 0.3) is 11.1 Å². The van der Waals surface area contributed by atoms with E-state index in [1.807, 2.05) is 0 Å². The number of hydrogen-bond acceptors (Lipinski definition) is 3. The van der Waals surface area contributed by atoms with E-state index in [9.17, 15) is 0 Å². The van der Waals surface area contributed by atoms with E-state index in [-0.39, 0.29) is 0 Å². The minimum atomic E-state index is 0.539. The lowest BCUT2D eigenvalue weighted by Crippen LogP contribution is -1.75. The number of nitrogens with zero attached hydrogens (tertiary/aromatic N) is 2. The summed E-state index contributed by atoms with van der Waals surface area (Å²) in [5.74, 6) is 0. The van der Waals surface area contributed by atoms with E-state index in [0.29, 0.717) is 5.71 Å². The van der Waals surface area contributed by atoms with Crippen molar-refractivity contribution in [1.29, 1.82) is 0 Å². The molecular weight excluding hydrogens is 116 g/mol. The van der Waals surface area contributed by atoms with Gasteiger partial charge < -0.3 is 4.42 Å². The molecule has 0 saturated heterocycles. The summed E-state index contributed by atoms with van der Waals surface area (Å²) in [5.41, 5.74) is 0.539. The predicted octanol–water partition coefficient (Wildman–Crippen LogP) is 1.02. The molecule has 43 valence electrons. The highest BCUT2D eigenvalue weighted by Gasteiger charge is 1.93. The van der Waals surface area contributed by atoms with Gasteiger partial charge in [0.15, 0.2) is 0 Å². The number of hydrogen-bond donors (Lipinski definition) is 0. The maximum Gasteiger partial charge on any atom is 0.246 e. The molecule has 2 aromatic rings. The summed E-state index contributed by atoms with van der Waals surface area (Å²) in [4.78, 5) is 0. The van der Waals surface area contributed by atoms with Crippen molar-refractivity contribution in [2.75, 3.05) is 0 Å². The van der Waals surface area contributed by atoms with E-state index in [2.05, 4.69) is 16.3 Å². The molecule has 1 radical (unpaired) electrons. The van der Waals surface area contributed by atoms with Gasteiger partial charge in [-0.1, -0.05) is 0 Å². The quantitative estimate of drug-likeness (QED) is 0.519. The molecule has 3 heteroatoms. The normalized spacial score (nSPS) is 10.2. The van der Waals surface area contributed by atoms with Gasteiger partial charge in [-0.05, 0) is 6.07 Å². The third-order valence-corrected chi connectivity index (χ3v) is 1.07. The number of rotatable bonds is 0. The molecular formula is C6H3N2O. The molecule has 0 saturated carbocycles. The van der Waals surface area contributed by atoms with Crippen LogP contribution in [0, 0.1) is 6.07 Å². The average Bonchev–Trinajstić information content (AvgIpc) is 2.33. The SMILES string of the molecule is [c]1cnnc2occc12. The van der Waals surface area contributed by atoms with E-state index in [1.165, 1.54) is 6.20 Å². The first-order valence-electron chi connectivity index (χ1n) is 2.53. The summed E-state index contributed by atoms with van der Waals surface area (Å²) in [7, 11) is 0. The van der Waals surface area contributed by atoms with Crippen molar-refractivity contribution in [2.45, 2.75) is 0 Å². The smallest absolute Gasteiger partial charge is 0.246 e. The van der Waals surface area contributed by atoms with Gasteiger partial charge in [-0.3, -0.25) is 0 Å². The molecule has 0 aliphatic carbocycles. The predicted molar refractivity (Wildman–Crippen MR) is 30.6 cm³/mol. The molecule has 0 aliphatic rings. The molecule has 0 atom stereocenters. The molecule has 0 N–H and O–H groups in total. The Morgan fingerprint density at radius 1 is 1.56 bits per heavy atom. The largest absolute Gasteiger partial charge is 0.445 e. The van der Waals surface area contributed by atoms with Gasteiger partial charge in [0.25, 0.3) is 0 Å². The van der Waals surface area contributed by atoms with E-state index in [0.717, 1.165) is 5.39 Å². The van der Waals surface area contributed by atoms with Crippen LogP contribution in [0.4, 0.5) is 0 Å². The first-order chi connectivity index (χ1) is 4.47. The number of aromatic nitrogens is 2. The Kier molecular flexibility index (Phi) is 0.773. The molecule has 2 heterocycles. The van der Waals surface area contributed by atoms with Crippen LogP contribution in [-0.4, -0.2) is 10.2 Å². The van der Waals surface area contributed by atoms with E-state index >= 15 is 0 Å². The number of furan rings is 1. The van der Waals surface area contributed by atoms with Gasteiger partial charge in [0.05, 0.1) is 17.8 Å². The first-order valence-corrected chi connectivity index (χ1v) is 2.53. The minimum absolute atomic E-state index is 0.539. The Labute approximate surface area is 51.3 Å². The molecule has 0 fully saturated rings. The van der Waals surface area contributed by atoms with Crippen LogP contribution < -0.4 is 0 Å². The second kappa shape index (κ2) is 1.55. The fraction of sp³-hybridized carbons (Fsp3) is 0. The summed E-state index contributed by atoms with van der Waals surface area (Å²) < 4.78 is 4.91. The molecule has 2 rings (SSSR count).